The summed E-state index contributed by atoms with van der Waals surface area (Å²) < 4.78 is 38.6. The molecule has 0 amide bonds. The first-order valence-corrected chi connectivity index (χ1v) is 9.43. The van der Waals surface area contributed by atoms with Crippen molar-refractivity contribution in [1.82, 2.24) is 9.97 Å². The molecule has 0 spiro atoms. The number of aryl methyl sites for hydroxylation is 1. The van der Waals surface area contributed by atoms with Gasteiger partial charge in [0.05, 0.1) is 15.1 Å². The van der Waals surface area contributed by atoms with Crippen LogP contribution in [0.4, 0.5) is 4.39 Å². The average molecular weight is 354 g/mol. The van der Waals surface area contributed by atoms with E-state index in [0.29, 0.717) is 21.4 Å². The lowest BCUT2D eigenvalue weighted by Crippen LogP contribution is -1.98. The van der Waals surface area contributed by atoms with E-state index >= 15 is 0 Å². The van der Waals surface area contributed by atoms with Crippen molar-refractivity contribution in [2.45, 2.75) is 11.8 Å². The van der Waals surface area contributed by atoms with Gasteiger partial charge in [0.15, 0.2) is 14.6 Å². The van der Waals surface area contributed by atoms with E-state index in [1.807, 2.05) is 6.92 Å². The number of nitrogens with zero attached hydrogens (tertiary/aromatic N) is 1. The number of halogens is 1. The molecule has 4 nitrogen and oxygen atoms in total. The van der Waals surface area contributed by atoms with Crippen molar-refractivity contribution >= 4 is 43.6 Å². The molecular weight excluding hydrogens is 343 g/mol. The van der Waals surface area contributed by atoms with Crippen LogP contribution >= 0.6 is 23.6 Å². The van der Waals surface area contributed by atoms with Gasteiger partial charge in [-0.15, -0.1) is 11.3 Å². The van der Waals surface area contributed by atoms with E-state index in [1.54, 1.807) is 5.38 Å². The minimum Gasteiger partial charge on any atom is -0.333 e. The molecule has 2 heterocycles. The number of thiophene rings is 1. The zero-order chi connectivity index (χ0) is 16.1. The van der Waals surface area contributed by atoms with Gasteiger partial charge in [0, 0.05) is 28.5 Å². The Morgan fingerprint density at radius 2 is 2.05 bits per heavy atom. The number of hydrogen-bond donors (Lipinski definition) is 1. The molecule has 1 aromatic carbocycles. The van der Waals surface area contributed by atoms with Crippen LogP contribution in [0.2, 0.25) is 0 Å². The van der Waals surface area contributed by atoms with Crippen molar-refractivity contribution in [3.63, 3.8) is 0 Å². The summed E-state index contributed by atoms with van der Waals surface area (Å²) in [6.45, 7) is 1.88. The van der Waals surface area contributed by atoms with Gasteiger partial charge in [0.25, 0.3) is 0 Å². The van der Waals surface area contributed by atoms with Gasteiger partial charge in [-0.1, -0.05) is 6.07 Å². The Morgan fingerprint density at radius 3 is 2.68 bits per heavy atom. The third kappa shape index (κ3) is 2.57. The smallest absolute Gasteiger partial charge is 0.197 e. The number of H-pyrrole nitrogens is 1. The minimum atomic E-state index is -3.44. The van der Waals surface area contributed by atoms with Crippen LogP contribution in [0.5, 0.6) is 0 Å². The third-order valence-electron chi connectivity index (χ3n) is 3.27. The molecule has 0 bridgehead atoms. The van der Waals surface area contributed by atoms with E-state index in [-0.39, 0.29) is 4.90 Å². The topological polar surface area (TPSA) is 62.8 Å². The number of rotatable bonds is 2. The maximum Gasteiger partial charge on any atom is 0.197 e. The second-order valence-corrected chi connectivity index (χ2v) is 8.19. The molecule has 0 unspecified atom stereocenters. The quantitative estimate of drug-likeness (QED) is 0.710. The van der Waals surface area contributed by atoms with E-state index in [2.05, 4.69) is 9.97 Å². The number of nitrogens with one attached hydrogen (secondary N) is 1. The number of benzene rings is 1. The number of aromatic amines is 1. The van der Waals surface area contributed by atoms with Crippen LogP contribution in [0.3, 0.4) is 0 Å². The molecule has 0 atom stereocenters. The molecule has 22 heavy (non-hydrogen) atoms. The Balaban J connectivity index is 2.27. The highest BCUT2D eigenvalue weighted by molar-refractivity contribution is 7.90. The standard InChI is InChI=1S/C14H11FN2O2S3/c1-7-13-12(17-14(20)16-7)10(6-21-13)9-4-3-8(5-11(9)15)22(2,18)19/h3-6H,1-2H3,(H,16,17,20). The first-order chi connectivity index (χ1) is 10.3. The summed E-state index contributed by atoms with van der Waals surface area (Å²) in [5, 5.41) is 1.80. The molecule has 0 aliphatic rings. The fourth-order valence-corrected chi connectivity index (χ4v) is 4.06. The normalized spacial score (nSPS) is 12.0. The number of sulfone groups is 1. The molecule has 2 aromatic heterocycles. The molecule has 114 valence electrons. The first-order valence-electron chi connectivity index (χ1n) is 6.25. The lowest BCUT2D eigenvalue weighted by Gasteiger charge is -2.05. The van der Waals surface area contributed by atoms with Crippen molar-refractivity contribution in [2.75, 3.05) is 6.26 Å². The van der Waals surface area contributed by atoms with Gasteiger partial charge in [0.1, 0.15) is 5.82 Å². The summed E-state index contributed by atoms with van der Waals surface area (Å²) in [5.74, 6) is -0.596. The van der Waals surface area contributed by atoms with Crippen molar-refractivity contribution in [2.24, 2.45) is 0 Å². The number of aromatic nitrogens is 2. The van der Waals surface area contributed by atoms with Gasteiger partial charge in [-0.3, -0.25) is 0 Å². The lowest BCUT2D eigenvalue weighted by molar-refractivity contribution is 0.596. The maximum absolute atomic E-state index is 14.4. The van der Waals surface area contributed by atoms with Gasteiger partial charge in [-0.2, -0.15) is 0 Å². The van der Waals surface area contributed by atoms with Crippen LogP contribution in [-0.2, 0) is 9.84 Å². The molecule has 0 radical (unpaired) electrons. The fourth-order valence-electron chi connectivity index (χ4n) is 2.21. The molecule has 1 N–H and O–H groups in total. The largest absolute Gasteiger partial charge is 0.333 e. The summed E-state index contributed by atoms with van der Waals surface area (Å²) in [6, 6.07) is 3.89. The Hall–Kier alpha value is -1.64. The molecule has 0 aliphatic heterocycles. The zero-order valence-electron chi connectivity index (χ0n) is 11.7. The lowest BCUT2D eigenvalue weighted by atomic mass is 10.1. The van der Waals surface area contributed by atoms with Gasteiger partial charge >= 0.3 is 0 Å². The Bertz CT molecular complexity index is 1050. The predicted molar refractivity (Wildman–Crippen MR) is 88.0 cm³/mol. The molecule has 3 aromatic rings. The van der Waals surface area contributed by atoms with Crippen LogP contribution in [-0.4, -0.2) is 24.6 Å². The van der Waals surface area contributed by atoms with Gasteiger partial charge in [-0.05, 0) is 31.3 Å². The third-order valence-corrected chi connectivity index (χ3v) is 5.66. The van der Waals surface area contributed by atoms with E-state index in [1.165, 1.54) is 23.5 Å². The molecule has 0 saturated heterocycles. The predicted octanol–water partition coefficient (Wildman–Crippen LogP) is 3.87. The van der Waals surface area contributed by atoms with Crippen LogP contribution in [0.15, 0.2) is 28.5 Å². The molecule has 0 saturated carbocycles. The van der Waals surface area contributed by atoms with E-state index in [0.717, 1.165) is 22.7 Å². The van der Waals surface area contributed by atoms with E-state index in [4.69, 9.17) is 12.2 Å². The Labute approximate surface area is 135 Å². The Kier molecular flexibility index (Phi) is 3.62. The van der Waals surface area contributed by atoms with Crippen molar-refractivity contribution in [3.8, 4) is 11.1 Å². The molecule has 8 heteroatoms. The van der Waals surface area contributed by atoms with Crippen molar-refractivity contribution in [3.05, 3.63) is 39.9 Å². The second kappa shape index (κ2) is 5.22. The molecule has 0 fully saturated rings. The van der Waals surface area contributed by atoms with Gasteiger partial charge < -0.3 is 4.98 Å². The maximum atomic E-state index is 14.4. The van der Waals surface area contributed by atoms with E-state index in [9.17, 15) is 12.8 Å². The highest BCUT2D eigenvalue weighted by Gasteiger charge is 2.16. The fraction of sp³-hybridized carbons (Fsp3) is 0.143. The van der Waals surface area contributed by atoms with Gasteiger partial charge in [-0.25, -0.2) is 17.8 Å². The summed E-state index contributed by atoms with van der Waals surface area (Å²) in [4.78, 5) is 7.19. The SMILES string of the molecule is Cc1[nH]c(=S)nc2c(-c3ccc(S(C)(=O)=O)cc3F)csc12. The first kappa shape index (κ1) is 15.3. The van der Waals surface area contributed by atoms with Crippen LogP contribution in [0.1, 0.15) is 5.69 Å². The molecule has 3 rings (SSSR count). The Morgan fingerprint density at radius 1 is 1.32 bits per heavy atom. The minimum absolute atomic E-state index is 0.0466. The van der Waals surface area contributed by atoms with Gasteiger partial charge in [0.2, 0.25) is 0 Å². The van der Waals surface area contributed by atoms with Crippen LogP contribution in [0, 0.1) is 17.5 Å². The highest BCUT2D eigenvalue weighted by atomic mass is 32.2. The van der Waals surface area contributed by atoms with Crippen molar-refractivity contribution < 1.29 is 12.8 Å². The average Bonchev–Trinajstić information content (AvgIpc) is 2.81. The van der Waals surface area contributed by atoms with Crippen LogP contribution in [0.25, 0.3) is 21.3 Å². The summed E-state index contributed by atoms with van der Waals surface area (Å²) in [7, 11) is -3.44. The summed E-state index contributed by atoms with van der Waals surface area (Å²) in [6.07, 6.45) is 1.05. The van der Waals surface area contributed by atoms with Crippen molar-refractivity contribution in [1.29, 1.82) is 0 Å². The number of fused-ring (bicyclic) bond motifs is 1. The second-order valence-electron chi connectivity index (χ2n) is 4.91. The number of hydrogen-bond acceptors (Lipinski definition) is 5. The van der Waals surface area contributed by atoms with E-state index < -0.39 is 15.7 Å². The monoisotopic (exact) mass is 354 g/mol. The zero-order valence-corrected chi connectivity index (χ0v) is 14.1. The summed E-state index contributed by atoms with van der Waals surface area (Å²) in [5.41, 5.74) is 2.42. The van der Waals surface area contributed by atoms with Crippen LogP contribution < -0.4 is 0 Å². The molecule has 0 aliphatic carbocycles. The summed E-state index contributed by atoms with van der Waals surface area (Å²) >= 11 is 6.51. The molecular formula is C14H11FN2O2S3. The highest BCUT2D eigenvalue weighted by Crippen LogP contribution is 2.35.